The lowest BCUT2D eigenvalue weighted by atomic mass is 10.2. The molecule has 0 aliphatic rings. The number of hydrogen-bond acceptors (Lipinski definition) is 3. The molecule has 0 heterocycles. The molecule has 0 fully saturated rings. The van der Waals surface area contributed by atoms with E-state index in [4.69, 9.17) is 0 Å². The highest BCUT2D eigenvalue weighted by Crippen LogP contribution is 2.11. The molecule has 0 spiro atoms. The lowest BCUT2D eigenvalue weighted by molar-refractivity contribution is 0.0949. The average Bonchev–Trinajstić information content (AvgIpc) is 2.36. The Bertz CT molecular complexity index is 521. The highest BCUT2D eigenvalue weighted by atomic mass is 32.2. The first-order valence-corrected chi connectivity index (χ1v) is 7.88. The molecule has 2 N–H and O–H groups in total. The summed E-state index contributed by atoms with van der Waals surface area (Å²) in [5, 5.41) is 2.80. The monoisotopic (exact) mass is 284 g/mol. The Hall–Kier alpha value is -1.56. The average molecular weight is 284 g/mol. The standard InChI is InChI=1S/C13H20N2O3S/c1-4-19(17,18)15-12-7-5-11(6-8-12)13(16)14-9-10(2)3/h5-8,10,15H,4,9H2,1-3H3,(H,14,16). The van der Waals surface area contributed by atoms with E-state index in [9.17, 15) is 13.2 Å². The zero-order chi connectivity index (χ0) is 14.5. The predicted octanol–water partition coefficient (Wildman–Crippen LogP) is 1.83. The minimum atomic E-state index is -3.28. The van der Waals surface area contributed by atoms with Gasteiger partial charge in [-0.1, -0.05) is 13.8 Å². The second-order valence-electron chi connectivity index (χ2n) is 4.69. The van der Waals surface area contributed by atoms with Crippen LogP contribution in [0.2, 0.25) is 0 Å². The van der Waals surface area contributed by atoms with Crippen LogP contribution in [-0.2, 0) is 10.0 Å². The normalized spacial score (nSPS) is 11.4. The second-order valence-corrected chi connectivity index (χ2v) is 6.70. The molecule has 0 aromatic heterocycles. The molecule has 6 heteroatoms. The number of carbonyl (C=O) groups is 1. The van der Waals surface area contributed by atoms with Crippen molar-refractivity contribution in [2.45, 2.75) is 20.8 Å². The molecule has 1 amide bonds. The largest absolute Gasteiger partial charge is 0.352 e. The minimum absolute atomic E-state index is 0.0175. The maximum absolute atomic E-state index is 11.8. The Morgan fingerprint density at radius 3 is 2.26 bits per heavy atom. The lowest BCUT2D eigenvalue weighted by Crippen LogP contribution is -2.27. The molecular formula is C13H20N2O3S. The number of amides is 1. The van der Waals surface area contributed by atoms with E-state index in [2.05, 4.69) is 10.0 Å². The van der Waals surface area contributed by atoms with E-state index < -0.39 is 10.0 Å². The summed E-state index contributed by atoms with van der Waals surface area (Å²) in [6, 6.07) is 6.36. The summed E-state index contributed by atoms with van der Waals surface area (Å²) in [4.78, 5) is 11.8. The molecule has 5 nitrogen and oxygen atoms in total. The van der Waals surface area contributed by atoms with E-state index in [1.54, 1.807) is 31.2 Å². The maximum atomic E-state index is 11.8. The van der Waals surface area contributed by atoms with Crippen molar-refractivity contribution in [3.05, 3.63) is 29.8 Å². The highest BCUT2D eigenvalue weighted by Gasteiger charge is 2.08. The number of anilines is 1. The number of carbonyl (C=O) groups excluding carboxylic acids is 1. The van der Waals surface area contributed by atoms with E-state index in [0.29, 0.717) is 23.7 Å². The van der Waals surface area contributed by atoms with Crippen LogP contribution < -0.4 is 10.0 Å². The van der Waals surface area contributed by atoms with E-state index in [0.717, 1.165) is 0 Å². The Kier molecular flexibility index (Phi) is 5.35. The van der Waals surface area contributed by atoms with Gasteiger partial charge in [0.1, 0.15) is 0 Å². The lowest BCUT2D eigenvalue weighted by Gasteiger charge is -2.09. The van der Waals surface area contributed by atoms with E-state index in [-0.39, 0.29) is 11.7 Å². The summed E-state index contributed by atoms with van der Waals surface area (Å²) in [7, 11) is -3.28. The van der Waals surface area contributed by atoms with Crippen molar-refractivity contribution in [3.8, 4) is 0 Å². The summed E-state index contributed by atoms with van der Waals surface area (Å²) in [5.74, 6) is 0.252. The fourth-order valence-electron chi connectivity index (χ4n) is 1.34. The Morgan fingerprint density at radius 1 is 1.21 bits per heavy atom. The van der Waals surface area contributed by atoms with Crippen molar-refractivity contribution in [1.82, 2.24) is 5.32 Å². The van der Waals surface area contributed by atoms with Gasteiger partial charge in [0, 0.05) is 17.8 Å². The molecule has 106 valence electrons. The van der Waals surface area contributed by atoms with Crippen LogP contribution in [0.25, 0.3) is 0 Å². The Morgan fingerprint density at radius 2 is 1.79 bits per heavy atom. The molecule has 0 saturated heterocycles. The van der Waals surface area contributed by atoms with E-state index in [1.165, 1.54) is 0 Å². The third-order valence-electron chi connectivity index (χ3n) is 2.47. The van der Waals surface area contributed by atoms with Crippen LogP contribution >= 0.6 is 0 Å². The number of hydrogen-bond donors (Lipinski definition) is 2. The summed E-state index contributed by atoms with van der Waals surface area (Å²) in [6.45, 7) is 6.21. The van der Waals surface area contributed by atoms with Gasteiger partial charge in [-0.15, -0.1) is 0 Å². The molecule has 1 aromatic carbocycles. The number of sulfonamides is 1. The van der Waals surface area contributed by atoms with Crippen LogP contribution in [-0.4, -0.2) is 26.6 Å². The summed E-state index contributed by atoms with van der Waals surface area (Å²) < 4.78 is 25.2. The quantitative estimate of drug-likeness (QED) is 0.837. The molecule has 0 saturated carbocycles. The SMILES string of the molecule is CCS(=O)(=O)Nc1ccc(C(=O)NCC(C)C)cc1. The predicted molar refractivity (Wildman–Crippen MR) is 76.7 cm³/mol. The first kappa shape index (κ1) is 15.5. The van der Waals surface area contributed by atoms with Crippen molar-refractivity contribution in [2.24, 2.45) is 5.92 Å². The number of nitrogens with one attached hydrogen (secondary N) is 2. The summed E-state index contributed by atoms with van der Waals surface area (Å²) in [6.07, 6.45) is 0. The van der Waals surface area contributed by atoms with Crippen molar-refractivity contribution < 1.29 is 13.2 Å². The topological polar surface area (TPSA) is 75.3 Å². The molecule has 0 aliphatic carbocycles. The molecule has 0 unspecified atom stereocenters. The van der Waals surface area contributed by atoms with Gasteiger partial charge in [-0.3, -0.25) is 9.52 Å². The fraction of sp³-hybridized carbons (Fsp3) is 0.462. The van der Waals surface area contributed by atoms with Crippen molar-refractivity contribution in [1.29, 1.82) is 0 Å². The van der Waals surface area contributed by atoms with Gasteiger partial charge in [0.25, 0.3) is 5.91 Å². The number of benzene rings is 1. The van der Waals surface area contributed by atoms with Crippen LogP contribution in [0.5, 0.6) is 0 Å². The molecule has 1 aromatic rings. The van der Waals surface area contributed by atoms with Crippen LogP contribution in [0.1, 0.15) is 31.1 Å². The van der Waals surface area contributed by atoms with Gasteiger partial charge < -0.3 is 5.32 Å². The van der Waals surface area contributed by atoms with Gasteiger partial charge in [-0.25, -0.2) is 8.42 Å². The molecule has 1 rings (SSSR count). The molecular weight excluding hydrogens is 264 g/mol. The molecule has 19 heavy (non-hydrogen) atoms. The van der Waals surface area contributed by atoms with E-state index in [1.807, 2.05) is 13.8 Å². The summed E-state index contributed by atoms with van der Waals surface area (Å²) in [5.41, 5.74) is 0.974. The molecule has 0 bridgehead atoms. The zero-order valence-corrected chi connectivity index (χ0v) is 12.3. The smallest absolute Gasteiger partial charge is 0.251 e. The fourth-order valence-corrected chi connectivity index (χ4v) is 1.98. The zero-order valence-electron chi connectivity index (χ0n) is 11.4. The van der Waals surface area contributed by atoms with Gasteiger partial charge in [-0.2, -0.15) is 0 Å². The second kappa shape index (κ2) is 6.56. The van der Waals surface area contributed by atoms with Gasteiger partial charge >= 0.3 is 0 Å². The summed E-state index contributed by atoms with van der Waals surface area (Å²) >= 11 is 0. The van der Waals surface area contributed by atoms with Crippen molar-refractivity contribution >= 4 is 21.6 Å². The number of rotatable bonds is 6. The third-order valence-corrected chi connectivity index (χ3v) is 3.78. The molecule has 0 atom stereocenters. The third kappa shape index (κ3) is 5.30. The van der Waals surface area contributed by atoms with Crippen LogP contribution in [0, 0.1) is 5.92 Å². The van der Waals surface area contributed by atoms with Crippen LogP contribution in [0.15, 0.2) is 24.3 Å². The first-order valence-electron chi connectivity index (χ1n) is 6.23. The Labute approximate surface area is 114 Å². The minimum Gasteiger partial charge on any atom is -0.352 e. The van der Waals surface area contributed by atoms with Gasteiger partial charge in [0.05, 0.1) is 5.75 Å². The van der Waals surface area contributed by atoms with Crippen LogP contribution in [0.3, 0.4) is 0 Å². The van der Waals surface area contributed by atoms with Gasteiger partial charge in [0.15, 0.2) is 0 Å². The van der Waals surface area contributed by atoms with Crippen molar-refractivity contribution in [2.75, 3.05) is 17.0 Å². The van der Waals surface area contributed by atoms with E-state index >= 15 is 0 Å². The molecule has 0 radical (unpaired) electrons. The Balaban J connectivity index is 2.69. The van der Waals surface area contributed by atoms with Crippen LogP contribution in [0.4, 0.5) is 5.69 Å². The van der Waals surface area contributed by atoms with Gasteiger partial charge in [0.2, 0.25) is 10.0 Å². The first-order chi connectivity index (χ1) is 8.84. The molecule has 0 aliphatic heterocycles. The highest BCUT2D eigenvalue weighted by molar-refractivity contribution is 7.92. The van der Waals surface area contributed by atoms with Crippen molar-refractivity contribution in [3.63, 3.8) is 0 Å². The maximum Gasteiger partial charge on any atom is 0.251 e. The van der Waals surface area contributed by atoms with Gasteiger partial charge in [-0.05, 0) is 37.1 Å².